The van der Waals surface area contributed by atoms with E-state index in [1.165, 1.54) is 77.0 Å². The van der Waals surface area contributed by atoms with E-state index in [-0.39, 0.29) is 52.8 Å². The van der Waals surface area contributed by atoms with E-state index in [1.54, 1.807) is 0 Å². The van der Waals surface area contributed by atoms with Crippen LogP contribution in [0.25, 0.3) is 0 Å². The van der Waals surface area contributed by atoms with Gasteiger partial charge in [-0.3, -0.25) is 0 Å². The topological polar surface area (TPSA) is 37.3 Å². The molecule has 124 valence electrons. The van der Waals surface area contributed by atoms with Crippen molar-refractivity contribution < 1.29 is 61.6 Å². The summed E-state index contributed by atoms with van der Waals surface area (Å²) >= 11 is 4.46. The molecule has 0 aromatic rings. The van der Waals surface area contributed by atoms with Crippen molar-refractivity contribution in [2.24, 2.45) is 0 Å². The van der Waals surface area contributed by atoms with Gasteiger partial charge in [0.25, 0.3) is 0 Å². The maximum atomic E-state index is 10.9. The van der Waals surface area contributed by atoms with Crippen molar-refractivity contribution in [1.82, 2.24) is 0 Å². The average molecular weight is 363 g/mol. The van der Waals surface area contributed by atoms with Crippen LogP contribution in [0, 0.1) is 0 Å². The van der Waals surface area contributed by atoms with E-state index in [9.17, 15) is 4.21 Å². The molecule has 0 aliphatic rings. The van der Waals surface area contributed by atoms with E-state index in [4.69, 9.17) is 4.55 Å². The van der Waals surface area contributed by atoms with Gasteiger partial charge in [-0.05, 0) is 6.42 Å². The predicted octanol–water partition coefficient (Wildman–Crippen LogP) is 2.80. The van der Waals surface area contributed by atoms with Crippen LogP contribution in [0.1, 0.15) is 98.2 Å². The fraction of sp³-hybridized carbons (Fsp3) is 1.00. The van der Waals surface area contributed by atoms with Gasteiger partial charge in [-0.1, -0.05) is 90.4 Å². The van der Waals surface area contributed by atoms with Crippen molar-refractivity contribution >= 4 is 20.0 Å². The number of hydrogen-bond acceptors (Lipinski definition) is 2. The molecule has 0 amide bonds. The summed E-state index contributed by atoms with van der Waals surface area (Å²) in [6.07, 6.45) is 18.1. The van der Waals surface area contributed by atoms with Crippen LogP contribution >= 0.6 is 0 Å². The van der Waals surface area contributed by atoms with Crippen LogP contribution < -0.4 is 51.4 Å². The molecule has 0 heterocycles. The molecule has 0 spiro atoms. The van der Waals surface area contributed by atoms with Gasteiger partial charge in [0.05, 0.1) is 0 Å². The molecule has 0 fully saturated rings. The second-order valence-electron chi connectivity index (χ2n) is 5.88. The Labute approximate surface area is 182 Å². The van der Waals surface area contributed by atoms with Gasteiger partial charge in [-0.25, -0.2) is 4.21 Å². The summed E-state index contributed by atoms with van der Waals surface area (Å²) in [5, 5.41) is 0. The zero-order valence-electron chi connectivity index (χ0n) is 15.3. The number of unbranched alkanes of at least 4 members (excludes halogenated alkanes) is 13. The Morgan fingerprint density at radius 2 is 1.05 bits per heavy atom. The number of rotatable bonds is 15. The smallest absolute Gasteiger partial charge is 1.00 e. The van der Waals surface area contributed by atoms with Gasteiger partial charge in [-0.2, -0.15) is 0 Å². The van der Waals surface area contributed by atoms with E-state index in [1.807, 2.05) is 0 Å². The van der Waals surface area contributed by atoms with E-state index in [2.05, 4.69) is 18.1 Å². The van der Waals surface area contributed by atoms with Crippen molar-refractivity contribution in [2.75, 3.05) is 5.75 Å². The fourth-order valence-electron chi connectivity index (χ4n) is 2.48. The molecule has 0 aliphatic heterocycles. The largest absolute Gasteiger partial charge is 1.00 e. The molecule has 0 aliphatic carbocycles. The molecule has 0 aromatic heterocycles. The van der Waals surface area contributed by atoms with Gasteiger partial charge >= 0.3 is 51.4 Å². The summed E-state index contributed by atoms with van der Waals surface area (Å²) in [5.74, 6) is 0.292. The van der Waals surface area contributed by atoms with Crippen molar-refractivity contribution in [2.45, 2.75) is 96.8 Å². The Kier molecular flexibility index (Phi) is 22.0. The van der Waals surface area contributed by atoms with Crippen LogP contribution in [0.5, 0.6) is 0 Å². The van der Waals surface area contributed by atoms with Gasteiger partial charge in [0.15, 0.2) is 0 Å². The Balaban J connectivity index is -0.00000180. The third-order valence-corrected chi connectivity index (χ3v) is 5.06. The molecule has 0 rings (SSSR count). The molecule has 0 saturated heterocycles. The first-order chi connectivity index (χ1) is 9.56. The summed E-state index contributed by atoms with van der Waals surface area (Å²) in [6, 6.07) is 0. The predicted molar refractivity (Wildman–Crippen MR) is 94.4 cm³/mol. The maximum Gasteiger partial charge on any atom is 1.00 e. The monoisotopic (exact) mass is 362 g/mol. The molecule has 0 aromatic carbocycles. The second-order valence-corrected chi connectivity index (χ2v) is 9.02. The Hall–Kier alpha value is 1.97. The minimum Gasteiger partial charge on any atom is -1.00 e. The molecule has 0 bridgehead atoms. The van der Waals surface area contributed by atoms with Crippen molar-refractivity contribution in [3.63, 3.8) is 0 Å². The van der Waals surface area contributed by atoms with Gasteiger partial charge < -0.3 is 5.98 Å². The molecular formula is C16H35KO2S2. The summed E-state index contributed by atoms with van der Waals surface area (Å²) < 4.78 is 19.8. The molecule has 21 heavy (non-hydrogen) atoms. The van der Waals surface area contributed by atoms with Crippen LogP contribution in [0.4, 0.5) is 0 Å². The third-order valence-electron chi connectivity index (χ3n) is 3.76. The van der Waals surface area contributed by atoms with Crippen molar-refractivity contribution in [1.29, 1.82) is 0 Å². The van der Waals surface area contributed by atoms with Crippen LogP contribution in [0.2, 0.25) is 0 Å². The summed E-state index contributed by atoms with van der Waals surface area (Å²) in [7, 11) is -2.91. The van der Waals surface area contributed by atoms with Crippen molar-refractivity contribution in [3.8, 4) is 0 Å². The van der Waals surface area contributed by atoms with Gasteiger partial charge in [0.1, 0.15) is 8.77 Å². The molecule has 2 nitrogen and oxygen atoms in total. The zero-order chi connectivity index (χ0) is 15.1. The van der Waals surface area contributed by atoms with Gasteiger partial charge in [0.2, 0.25) is 0 Å². The van der Waals surface area contributed by atoms with E-state index >= 15 is 0 Å². The molecule has 0 radical (unpaired) electrons. The summed E-state index contributed by atoms with van der Waals surface area (Å²) in [5.41, 5.74) is 0. The van der Waals surface area contributed by atoms with Crippen LogP contribution in [0.15, 0.2) is 0 Å². The SMILES string of the molecule is CCCCCCCCCCCCCCCCS(=O)(O)=S.[H-].[K+]. The van der Waals surface area contributed by atoms with Crippen LogP contribution in [0.3, 0.4) is 0 Å². The minimum absolute atomic E-state index is 0. The van der Waals surface area contributed by atoms with Crippen molar-refractivity contribution in [3.05, 3.63) is 0 Å². The van der Waals surface area contributed by atoms with E-state index in [0.717, 1.165) is 12.8 Å². The summed E-state index contributed by atoms with van der Waals surface area (Å²) in [6.45, 7) is 2.26. The first kappa shape index (κ1) is 25.2. The van der Waals surface area contributed by atoms with E-state index < -0.39 is 8.77 Å². The quantitative estimate of drug-likeness (QED) is 0.359. The molecular weight excluding hydrogens is 327 g/mol. The first-order valence-corrected chi connectivity index (χ1v) is 11.1. The first-order valence-electron chi connectivity index (χ1n) is 8.51. The van der Waals surface area contributed by atoms with Gasteiger partial charge in [-0.15, -0.1) is 0 Å². The second kappa shape index (κ2) is 18.3. The standard InChI is InChI=1S/C16H34O2S2.K.H/c1-2-3-4-5-6-7-8-9-10-11-12-13-14-15-16-20(17,18)19;;/h2-16H2,1H3,(H,17,18,19);;/q;+1;-1. The zero-order valence-corrected chi connectivity index (χ0v) is 19.0. The van der Waals surface area contributed by atoms with E-state index in [0.29, 0.717) is 5.75 Å². The minimum atomic E-state index is -2.91. The van der Waals surface area contributed by atoms with Gasteiger partial charge in [0, 0.05) is 16.9 Å². The molecule has 5 heteroatoms. The third kappa shape index (κ3) is 24.3. The average Bonchev–Trinajstić information content (AvgIpc) is 2.38. The summed E-state index contributed by atoms with van der Waals surface area (Å²) in [4.78, 5) is 0. The van der Waals surface area contributed by atoms with Crippen LogP contribution in [-0.2, 0) is 20.0 Å². The Morgan fingerprint density at radius 3 is 1.33 bits per heavy atom. The molecule has 0 saturated carbocycles. The van der Waals surface area contributed by atoms with Crippen LogP contribution in [-0.4, -0.2) is 14.5 Å². The normalized spacial score (nSPS) is 13.6. The molecule has 1 N–H and O–H groups in total. The Morgan fingerprint density at radius 1 is 0.762 bits per heavy atom. The number of hydrogen-bond donors (Lipinski definition) is 1. The molecule has 1 atom stereocenters. The Bertz CT molecular complexity index is 299. The fourth-order valence-corrected chi connectivity index (χ4v) is 3.40. The molecule has 1 unspecified atom stereocenters. The maximum absolute atomic E-state index is 10.9.